The van der Waals surface area contributed by atoms with E-state index in [1.807, 2.05) is 11.3 Å². The number of hydrogen-bond acceptors (Lipinski definition) is 5. The Labute approximate surface area is 131 Å². The SMILES string of the molecule is OCCN(CCO)CCO.[Ge][c]1cc2ccccc2s1. The summed E-state index contributed by atoms with van der Waals surface area (Å²) in [7, 11) is 0. The third-order valence-corrected chi connectivity index (χ3v) is 4.55. The van der Waals surface area contributed by atoms with Crippen molar-refractivity contribution < 1.29 is 15.3 Å². The van der Waals surface area contributed by atoms with Crippen LogP contribution in [0.1, 0.15) is 0 Å². The Morgan fingerprint density at radius 2 is 1.50 bits per heavy atom. The van der Waals surface area contributed by atoms with Crippen molar-refractivity contribution in [2.45, 2.75) is 0 Å². The molecule has 3 radical (unpaired) electrons. The number of hydrogen-bond donors (Lipinski definition) is 3. The maximum atomic E-state index is 8.48. The molecule has 0 bridgehead atoms. The number of aliphatic hydroxyl groups is 3. The van der Waals surface area contributed by atoms with Gasteiger partial charge in [-0.3, -0.25) is 4.90 Å². The van der Waals surface area contributed by atoms with E-state index in [-0.39, 0.29) is 19.8 Å². The third kappa shape index (κ3) is 6.34. The van der Waals surface area contributed by atoms with E-state index in [9.17, 15) is 0 Å². The Morgan fingerprint density at radius 3 is 2.00 bits per heavy atom. The van der Waals surface area contributed by atoms with Crippen LogP contribution >= 0.6 is 11.3 Å². The van der Waals surface area contributed by atoms with Gasteiger partial charge in [0.05, 0.1) is 19.8 Å². The second-order valence-corrected chi connectivity index (χ2v) is 7.14. The predicted molar refractivity (Wildman–Crippen MR) is 84.9 cm³/mol. The number of rotatable bonds is 6. The van der Waals surface area contributed by atoms with Crippen LogP contribution in [0.2, 0.25) is 0 Å². The van der Waals surface area contributed by atoms with E-state index in [0.29, 0.717) is 19.6 Å². The molecule has 0 aliphatic rings. The van der Waals surface area contributed by atoms with Crippen molar-refractivity contribution in [2.24, 2.45) is 0 Å². The van der Waals surface area contributed by atoms with Crippen molar-refractivity contribution in [2.75, 3.05) is 39.5 Å². The molecule has 1 aromatic carbocycles. The van der Waals surface area contributed by atoms with Crippen LogP contribution in [-0.2, 0) is 0 Å². The number of nitrogens with zero attached hydrogens (tertiary/aromatic N) is 1. The first-order chi connectivity index (χ1) is 9.71. The van der Waals surface area contributed by atoms with Gasteiger partial charge in [-0.15, -0.1) is 0 Å². The van der Waals surface area contributed by atoms with Crippen LogP contribution in [0.5, 0.6) is 0 Å². The normalized spacial score (nSPS) is 10.7. The molecule has 0 spiro atoms. The first-order valence-corrected chi connectivity index (χ1v) is 8.33. The first kappa shape index (κ1) is 17.6. The molecule has 2 aromatic rings. The summed E-state index contributed by atoms with van der Waals surface area (Å²) in [4.78, 5) is 1.79. The molecular formula is C14H20GeNO3S. The van der Waals surface area contributed by atoms with E-state index in [2.05, 4.69) is 46.8 Å². The molecule has 0 saturated carbocycles. The Morgan fingerprint density at radius 1 is 0.950 bits per heavy atom. The van der Waals surface area contributed by atoms with Crippen LogP contribution in [0.15, 0.2) is 30.3 Å². The molecule has 1 aromatic heterocycles. The summed E-state index contributed by atoms with van der Waals surface area (Å²) >= 11 is 4.00. The van der Waals surface area contributed by atoms with E-state index >= 15 is 0 Å². The average Bonchev–Trinajstić information content (AvgIpc) is 2.80. The number of fused-ring (bicyclic) bond motifs is 1. The van der Waals surface area contributed by atoms with Crippen molar-refractivity contribution in [1.29, 1.82) is 0 Å². The molecule has 6 heteroatoms. The fraction of sp³-hybridized carbons (Fsp3) is 0.429. The number of thiophene rings is 1. The molecule has 0 fully saturated rings. The van der Waals surface area contributed by atoms with Gasteiger partial charge in [0, 0.05) is 19.6 Å². The molecule has 0 saturated heterocycles. The van der Waals surface area contributed by atoms with E-state index in [0.717, 1.165) is 0 Å². The fourth-order valence-electron chi connectivity index (χ4n) is 1.74. The van der Waals surface area contributed by atoms with Crippen molar-refractivity contribution in [1.82, 2.24) is 4.90 Å². The molecule has 1 heterocycles. The quantitative estimate of drug-likeness (QED) is 0.637. The summed E-state index contributed by atoms with van der Waals surface area (Å²) in [6.07, 6.45) is 0. The second-order valence-electron chi connectivity index (χ2n) is 4.16. The summed E-state index contributed by atoms with van der Waals surface area (Å²) in [5, 5.41) is 26.8. The van der Waals surface area contributed by atoms with Gasteiger partial charge in [-0.25, -0.2) is 0 Å². The van der Waals surface area contributed by atoms with Gasteiger partial charge in [0.2, 0.25) is 0 Å². The van der Waals surface area contributed by atoms with Gasteiger partial charge in [-0.05, 0) is 0 Å². The Kier molecular flexibility index (Phi) is 9.08. The summed E-state index contributed by atoms with van der Waals surface area (Å²) in [6.45, 7) is 1.75. The molecule has 20 heavy (non-hydrogen) atoms. The summed E-state index contributed by atoms with van der Waals surface area (Å²) < 4.78 is 2.78. The molecule has 3 N–H and O–H groups in total. The molecule has 0 amide bonds. The minimum atomic E-state index is 0.0694. The van der Waals surface area contributed by atoms with Crippen LogP contribution < -0.4 is 3.71 Å². The molecule has 0 unspecified atom stereocenters. The van der Waals surface area contributed by atoms with Crippen LogP contribution in [0.3, 0.4) is 0 Å². The first-order valence-electron chi connectivity index (χ1n) is 6.46. The van der Waals surface area contributed by atoms with Gasteiger partial charge in [0.1, 0.15) is 0 Å². The Balaban J connectivity index is 0.000000200. The van der Waals surface area contributed by atoms with Crippen molar-refractivity contribution >= 4 is 41.6 Å². The third-order valence-electron chi connectivity index (χ3n) is 2.67. The van der Waals surface area contributed by atoms with Crippen molar-refractivity contribution in [3.63, 3.8) is 0 Å². The topological polar surface area (TPSA) is 63.9 Å². The molecule has 4 nitrogen and oxygen atoms in total. The summed E-state index contributed by atoms with van der Waals surface area (Å²) in [5.41, 5.74) is 0. The van der Waals surface area contributed by atoms with E-state index < -0.39 is 0 Å². The second kappa shape index (κ2) is 10.3. The Bertz CT molecular complexity index is 445. The number of aliphatic hydroxyl groups excluding tert-OH is 3. The van der Waals surface area contributed by atoms with Crippen molar-refractivity contribution in [3.8, 4) is 0 Å². The molecular weight excluding hydrogens is 335 g/mol. The monoisotopic (exact) mass is 356 g/mol. The van der Waals surface area contributed by atoms with Gasteiger partial charge >= 0.3 is 72.0 Å². The zero-order valence-corrected chi connectivity index (χ0v) is 14.2. The van der Waals surface area contributed by atoms with Gasteiger partial charge < -0.3 is 15.3 Å². The van der Waals surface area contributed by atoms with Crippen LogP contribution in [0, 0.1) is 0 Å². The number of benzene rings is 1. The zero-order valence-electron chi connectivity index (χ0n) is 11.3. The molecule has 0 aliphatic carbocycles. The minimum absolute atomic E-state index is 0.0694. The van der Waals surface area contributed by atoms with Gasteiger partial charge in [-0.2, -0.15) is 0 Å². The van der Waals surface area contributed by atoms with Gasteiger partial charge in [0.25, 0.3) is 0 Å². The standard InChI is InChI=1S/C8H5GeS.C6H15NO3/c9-8-5-6-3-1-2-4-7(6)10-8;8-4-1-7(2-5-9)3-6-10/h1-5H;8-10H,1-6H2. The summed E-state index contributed by atoms with van der Waals surface area (Å²) in [5.74, 6) is 0. The van der Waals surface area contributed by atoms with Gasteiger partial charge in [0.15, 0.2) is 0 Å². The zero-order chi connectivity index (χ0) is 14.8. The van der Waals surface area contributed by atoms with Gasteiger partial charge in [-0.1, -0.05) is 0 Å². The van der Waals surface area contributed by atoms with E-state index in [1.165, 1.54) is 13.8 Å². The fourth-order valence-corrected chi connectivity index (χ4v) is 3.57. The molecule has 0 atom stereocenters. The van der Waals surface area contributed by atoms with E-state index in [4.69, 9.17) is 15.3 Å². The predicted octanol–water partition coefficient (Wildman–Crippen LogP) is -0.0396. The summed E-state index contributed by atoms with van der Waals surface area (Å²) in [6, 6.07) is 10.7. The van der Waals surface area contributed by atoms with E-state index in [1.54, 1.807) is 4.90 Å². The average molecular weight is 355 g/mol. The molecule has 109 valence electrons. The maximum absolute atomic E-state index is 8.48. The van der Waals surface area contributed by atoms with Crippen LogP contribution in [-0.4, -0.2) is 76.2 Å². The molecule has 0 aliphatic heterocycles. The van der Waals surface area contributed by atoms with Crippen LogP contribution in [0.25, 0.3) is 10.1 Å². The van der Waals surface area contributed by atoms with Crippen LogP contribution in [0.4, 0.5) is 0 Å². The van der Waals surface area contributed by atoms with Crippen molar-refractivity contribution in [3.05, 3.63) is 30.3 Å². The molecule has 2 rings (SSSR count). The Hall–Kier alpha value is -0.437.